The van der Waals surface area contributed by atoms with Gasteiger partial charge in [0.1, 0.15) is 0 Å². The Morgan fingerprint density at radius 3 is 2.69 bits per heavy atom. The molecule has 8 heteroatoms. The highest BCUT2D eigenvalue weighted by Crippen LogP contribution is 2.23. The van der Waals surface area contributed by atoms with E-state index in [1.165, 1.54) is 11.8 Å². The molecule has 0 aliphatic carbocycles. The second kappa shape index (κ2) is 7.92. The SMILES string of the molecule is C=CCNC(=O)CSc1nnc2n(-c3ccc(C)cc3)c(=O)c3ccccc3n12. The maximum absolute atomic E-state index is 13.2. The van der Waals surface area contributed by atoms with Crippen molar-refractivity contribution in [3.63, 3.8) is 0 Å². The third-order valence-corrected chi connectivity index (χ3v) is 5.39. The summed E-state index contributed by atoms with van der Waals surface area (Å²) in [6.45, 7) is 5.99. The molecule has 2 aromatic carbocycles. The van der Waals surface area contributed by atoms with Crippen molar-refractivity contribution in [3.8, 4) is 5.69 Å². The van der Waals surface area contributed by atoms with Crippen LogP contribution < -0.4 is 10.9 Å². The number of nitrogens with zero attached hydrogens (tertiary/aromatic N) is 4. The van der Waals surface area contributed by atoms with Crippen LogP contribution in [0.2, 0.25) is 0 Å². The highest BCUT2D eigenvalue weighted by atomic mass is 32.2. The summed E-state index contributed by atoms with van der Waals surface area (Å²) in [5, 5.41) is 12.4. The average molecular weight is 405 g/mol. The number of aromatic nitrogens is 4. The van der Waals surface area contributed by atoms with E-state index in [9.17, 15) is 9.59 Å². The molecule has 0 fully saturated rings. The second-order valence-electron chi connectivity index (χ2n) is 6.49. The van der Waals surface area contributed by atoms with Crippen LogP contribution in [0.25, 0.3) is 22.4 Å². The smallest absolute Gasteiger partial charge is 0.267 e. The summed E-state index contributed by atoms with van der Waals surface area (Å²) < 4.78 is 3.37. The van der Waals surface area contributed by atoms with Crippen molar-refractivity contribution in [1.29, 1.82) is 0 Å². The highest BCUT2D eigenvalue weighted by molar-refractivity contribution is 7.99. The number of carbonyl (C=O) groups excluding carboxylic acids is 1. The molecule has 4 rings (SSSR count). The summed E-state index contributed by atoms with van der Waals surface area (Å²) in [6, 6.07) is 15.0. The van der Waals surface area contributed by atoms with E-state index < -0.39 is 0 Å². The molecule has 2 aromatic heterocycles. The first-order chi connectivity index (χ1) is 14.1. The maximum atomic E-state index is 13.2. The Morgan fingerprint density at radius 2 is 1.93 bits per heavy atom. The lowest BCUT2D eigenvalue weighted by Gasteiger charge is -2.11. The lowest BCUT2D eigenvalue weighted by Crippen LogP contribution is -2.25. The standard InChI is InChI=1S/C21H19N5O2S/c1-3-12-22-18(27)13-29-21-24-23-20-25(15-10-8-14(2)9-11-15)19(28)16-6-4-5-7-17(16)26(20)21/h3-11H,1,12-13H2,2H3,(H,22,27). The molecule has 0 aliphatic heterocycles. The molecule has 1 amide bonds. The Hall–Kier alpha value is -3.39. The van der Waals surface area contributed by atoms with E-state index in [4.69, 9.17) is 0 Å². The summed E-state index contributed by atoms with van der Waals surface area (Å²) in [4.78, 5) is 25.2. The molecule has 146 valence electrons. The van der Waals surface area contributed by atoms with Gasteiger partial charge < -0.3 is 5.32 Å². The van der Waals surface area contributed by atoms with Gasteiger partial charge >= 0.3 is 0 Å². The third kappa shape index (κ3) is 3.54. The van der Waals surface area contributed by atoms with Crippen molar-refractivity contribution < 1.29 is 4.79 Å². The van der Waals surface area contributed by atoms with Crippen LogP contribution in [-0.2, 0) is 4.79 Å². The second-order valence-corrected chi connectivity index (χ2v) is 7.44. The van der Waals surface area contributed by atoms with E-state index in [-0.39, 0.29) is 17.2 Å². The fourth-order valence-electron chi connectivity index (χ4n) is 3.07. The van der Waals surface area contributed by atoms with Crippen molar-refractivity contribution in [1.82, 2.24) is 24.5 Å². The number of fused-ring (bicyclic) bond motifs is 3. The molecular formula is C21H19N5O2S. The van der Waals surface area contributed by atoms with Crippen LogP contribution in [0.15, 0.2) is 71.1 Å². The summed E-state index contributed by atoms with van der Waals surface area (Å²) >= 11 is 1.27. The molecule has 0 spiro atoms. The van der Waals surface area contributed by atoms with E-state index >= 15 is 0 Å². The van der Waals surface area contributed by atoms with Crippen molar-refractivity contribution in [3.05, 3.63) is 77.1 Å². The lowest BCUT2D eigenvalue weighted by atomic mass is 10.2. The van der Waals surface area contributed by atoms with Gasteiger partial charge in [-0.05, 0) is 31.2 Å². The van der Waals surface area contributed by atoms with E-state index in [1.54, 1.807) is 16.7 Å². The molecule has 0 radical (unpaired) electrons. The molecule has 7 nitrogen and oxygen atoms in total. The number of hydrogen-bond acceptors (Lipinski definition) is 5. The van der Waals surface area contributed by atoms with E-state index in [1.807, 2.05) is 53.8 Å². The van der Waals surface area contributed by atoms with Gasteiger partial charge in [0, 0.05) is 6.54 Å². The molecule has 0 aliphatic rings. The van der Waals surface area contributed by atoms with Gasteiger partial charge in [-0.15, -0.1) is 16.8 Å². The molecule has 0 saturated carbocycles. The van der Waals surface area contributed by atoms with Crippen LogP contribution in [-0.4, -0.2) is 37.4 Å². The lowest BCUT2D eigenvalue weighted by molar-refractivity contribution is -0.118. The largest absolute Gasteiger partial charge is 0.352 e. The van der Waals surface area contributed by atoms with Crippen molar-refractivity contribution in [2.45, 2.75) is 12.1 Å². The van der Waals surface area contributed by atoms with E-state index in [0.717, 1.165) is 5.56 Å². The van der Waals surface area contributed by atoms with Crippen molar-refractivity contribution in [2.24, 2.45) is 0 Å². The van der Waals surface area contributed by atoms with Gasteiger partial charge in [-0.1, -0.05) is 47.7 Å². The Labute approximate surface area is 171 Å². The Balaban J connectivity index is 1.88. The van der Waals surface area contributed by atoms with Crippen LogP contribution in [0.5, 0.6) is 0 Å². The molecule has 2 heterocycles. The first-order valence-electron chi connectivity index (χ1n) is 9.06. The van der Waals surface area contributed by atoms with Gasteiger partial charge in [0.25, 0.3) is 5.56 Å². The minimum atomic E-state index is -0.162. The van der Waals surface area contributed by atoms with Gasteiger partial charge in [0.05, 0.1) is 22.3 Å². The zero-order valence-corrected chi connectivity index (χ0v) is 16.6. The van der Waals surface area contributed by atoms with Crippen LogP contribution >= 0.6 is 11.8 Å². The normalized spacial score (nSPS) is 11.1. The number of rotatable bonds is 6. The summed E-state index contributed by atoms with van der Waals surface area (Å²) in [5.41, 5.74) is 2.35. The predicted molar refractivity (Wildman–Crippen MR) is 115 cm³/mol. The van der Waals surface area contributed by atoms with Gasteiger partial charge in [-0.3, -0.25) is 14.0 Å². The molecule has 0 unspecified atom stereocenters. The Bertz CT molecular complexity index is 1270. The summed E-state index contributed by atoms with van der Waals surface area (Å²) in [7, 11) is 0. The number of para-hydroxylation sites is 1. The predicted octanol–water partition coefficient (Wildman–Crippen LogP) is 2.74. The monoisotopic (exact) mass is 405 g/mol. The summed E-state index contributed by atoms with van der Waals surface area (Å²) in [6.07, 6.45) is 1.63. The zero-order valence-electron chi connectivity index (χ0n) is 15.8. The number of benzene rings is 2. The molecule has 0 bridgehead atoms. The van der Waals surface area contributed by atoms with E-state index in [2.05, 4.69) is 22.1 Å². The first-order valence-corrected chi connectivity index (χ1v) is 10.0. The Morgan fingerprint density at radius 1 is 1.17 bits per heavy atom. The topological polar surface area (TPSA) is 81.3 Å². The molecule has 29 heavy (non-hydrogen) atoms. The Kier molecular flexibility index (Phi) is 5.18. The molecular weight excluding hydrogens is 386 g/mol. The number of carbonyl (C=O) groups is 1. The zero-order chi connectivity index (χ0) is 20.4. The number of hydrogen-bond donors (Lipinski definition) is 1. The van der Waals surface area contributed by atoms with Crippen LogP contribution in [0, 0.1) is 6.92 Å². The van der Waals surface area contributed by atoms with E-state index in [0.29, 0.717) is 34.1 Å². The molecule has 4 aromatic rings. The van der Waals surface area contributed by atoms with Gasteiger partial charge in [-0.2, -0.15) is 0 Å². The maximum Gasteiger partial charge on any atom is 0.267 e. The number of aryl methyl sites for hydroxylation is 1. The van der Waals surface area contributed by atoms with Crippen molar-refractivity contribution >= 4 is 34.3 Å². The molecule has 0 saturated heterocycles. The van der Waals surface area contributed by atoms with Gasteiger partial charge in [-0.25, -0.2) is 4.57 Å². The average Bonchev–Trinajstić information content (AvgIpc) is 3.16. The number of amides is 1. The quantitative estimate of drug-likeness (QED) is 0.394. The fourth-order valence-corrected chi connectivity index (χ4v) is 3.84. The summed E-state index contributed by atoms with van der Waals surface area (Å²) in [5.74, 6) is 0.474. The molecule has 1 N–H and O–H groups in total. The minimum absolute atomic E-state index is 0.122. The number of thioether (sulfide) groups is 1. The number of nitrogens with one attached hydrogen (secondary N) is 1. The van der Waals surface area contributed by atoms with Gasteiger partial charge in [0.15, 0.2) is 5.16 Å². The minimum Gasteiger partial charge on any atom is -0.352 e. The van der Waals surface area contributed by atoms with Crippen LogP contribution in [0.3, 0.4) is 0 Å². The molecule has 0 atom stereocenters. The van der Waals surface area contributed by atoms with Gasteiger partial charge in [0.2, 0.25) is 11.7 Å². The van der Waals surface area contributed by atoms with Crippen LogP contribution in [0.1, 0.15) is 5.56 Å². The highest BCUT2D eigenvalue weighted by Gasteiger charge is 2.18. The van der Waals surface area contributed by atoms with Crippen molar-refractivity contribution in [2.75, 3.05) is 12.3 Å². The third-order valence-electron chi connectivity index (χ3n) is 4.46. The first kappa shape index (κ1) is 18.9. The fraction of sp³-hybridized carbons (Fsp3) is 0.143. The van der Waals surface area contributed by atoms with Crippen LogP contribution in [0.4, 0.5) is 0 Å².